The lowest BCUT2D eigenvalue weighted by Gasteiger charge is -2.28. The summed E-state index contributed by atoms with van der Waals surface area (Å²) in [6, 6.07) is 10.4. The zero-order valence-corrected chi connectivity index (χ0v) is 20.0. The minimum atomic E-state index is -3.82. The smallest absolute Gasteiger partial charge is 0.244 e. The van der Waals surface area contributed by atoms with Crippen molar-refractivity contribution in [3.63, 3.8) is 0 Å². The standard InChI is InChI=1S/C23H23ClN4O5S/c1-31-15-3-2-4-16(12-15)33-22-21-17-13-20(34(29,30)28-7-9-32-10-8-28)18(24)11-14(17)5-6-19(21)26-23(25)27-22/h2-4,11-13H,5-10H2,1H3,(H2,25,26,27). The van der Waals surface area contributed by atoms with Crippen molar-refractivity contribution in [1.29, 1.82) is 0 Å². The Morgan fingerprint density at radius 3 is 2.62 bits per heavy atom. The summed E-state index contributed by atoms with van der Waals surface area (Å²) < 4.78 is 44.9. The van der Waals surface area contributed by atoms with E-state index >= 15 is 0 Å². The zero-order valence-electron chi connectivity index (χ0n) is 18.5. The monoisotopic (exact) mass is 502 g/mol. The minimum absolute atomic E-state index is 0.0341. The summed E-state index contributed by atoms with van der Waals surface area (Å²) in [4.78, 5) is 8.77. The van der Waals surface area contributed by atoms with Crippen LogP contribution in [0.5, 0.6) is 17.4 Å². The highest BCUT2D eigenvalue weighted by atomic mass is 35.5. The van der Waals surface area contributed by atoms with Gasteiger partial charge in [-0.15, -0.1) is 0 Å². The average molecular weight is 503 g/mol. The largest absolute Gasteiger partial charge is 0.497 e. The van der Waals surface area contributed by atoms with Crippen LogP contribution in [0.4, 0.5) is 5.95 Å². The van der Waals surface area contributed by atoms with Crippen LogP contribution in [-0.4, -0.2) is 56.1 Å². The third kappa shape index (κ3) is 4.18. The van der Waals surface area contributed by atoms with Crippen molar-refractivity contribution in [1.82, 2.24) is 14.3 Å². The molecule has 1 fully saturated rings. The molecule has 2 heterocycles. The summed E-state index contributed by atoms with van der Waals surface area (Å²) in [6.07, 6.45) is 1.23. The van der Waals surface area contributed by atoms with Crippen molar-refractivity contribution in [2.24, 2.45) is 0 Å². The quantitative estimate of drug-likeness (QED) is 0.564. The predicted octanol–water partition coefficient (Wildman–Crippen LogP) is 3.30. The van der Waals surface area contributed by atoms with Crippen molar-refractivity contribution in [2.75, 3.05) is 39.1 Å². The molecule has 0 atom stereocenters. The van der Waals surface area contributed by atoms with Gasteiger partial charge in [0, 0.05) is 19.2 Å². The normalized spacial score (nSPS) is 15.9. The molecule has 2 N–H and O–H groups in total. The third-order valence-electron chi connectivity index (χ3n) is 5.87. The lowest BCUT2D eigenvalue weighted by atomic mass is 9.89. The van der Waals surface area contributed by atoms with Crippen LogP contribution in [0, 0.1) is 0 Å². The van der Waals surface area contributed by atoms with E-state index in [1.807, 2.05) is 0 Å². The van der Waals surface area contributed by atoms with Gasteiger partial charge in [0.25, 0.3) is 0 Å². The first kappa shape index (κ1) is 22.9. The first-order chi connectivity index (χ1) is 16.4. The highest BCUT2D eigenvalue weighted by Crippen LogP contribution is 2.43. The number of nitrogens with two attached hydrogens (primary N) is 1. The number of aryl methyl sites for hydroxylation is 2. The summed E-state index contributed by atoms with van der Waals surface area (Å²) in [6.45, 7) is 1.24. The van der Waals surface area contributed by atoms with Crippen LogP contribution in [0.3, 0.4) is 0 Å². The van der Waals surface area contributed by atoms with Crippen molar-refractivity contribution >= 4 is 27.6 Å². The summed E-state index contributed by atoms with van der Waals surface area (Å²) in [5, 5.41) is 0.181. The molecular formula is C23H23ClN4O5S. The molecule has 1 aromatic heterocycles. The van der Waals surface area contributed by atoms with Crippen LogP contribution >= 0.6 is 11.6 Å². The number of aromatic nitrogens is 2. The number of hydrogen-bond donors (Lipinski definition) is 1. The number of nitrogens with zero attached hydrogens (tertiary/aromatic N) is 3. The van der Waals surface area contributed by atoms with Crippen molar-refractivity contribution in [3.8, 4) is 28.5 Å². The number of halogens is 1. The Kier molecular flexibility index (Phi) is 6.07. The second kappa shape index (κ2) is 9.03. The van der Waals surface area contributed by atoms with Crippen LogP contribution < -0.4 is 15.2 Å². The number of rotatable bonds is 5. The highest BCUT2D eigenvalue weighted by Gasteiger charge is 2.32. The molecule has 1 aliphatic carbocycles. The van der Waals surface area contributed by atoms with Crippen LogP contribution in [0.15, 0.2) is 41.3 Å². The van der Waals surface area contributed by atoms with Gasteiger partial charge in [-0.25, -0.2) is 13.4 Å². The van der Waals surface area contributed by atoms with Gasteiger partial charge in [0.2, 0.25) is 21.9 Å². The number of anilines is 1. The van der Waals surface area contributed by atoms with E-state index in [1.165, 1.54) is 4.31 Å². The Bertz CT molecular complexity index is 1360. The molecule has 0 amide bonds. The number of fused-ring (bicyclic) bond motifs is 3. The molecule has 2 aliphatic rings. The number of sulfonamides is 1. The molecule has 1 aliphatic heterocycles. The van der Waals surface area contributed by atoms with Gasteiger partial charge < -0.3 is 19.9 Å². The first-order valence-corrected chi connectivity index (χ1v) is 12.6. The van der Waals surface area contributed by atoms with E-state index in [-0.39, 0.29) is 34.8 Å². The van der Waals surface area contributed by atoms with E-state index in [1.54, 1.807) is 43.5 Å². The molecule has 0 spiro atoms. The van der Waals surface area contributed by atoms with Crippen molar-refractivity contribution < 1.29 is 22.6 Å². The van der Waals surface area contributed by atoms with Crippen LogP contribution in [0.2, 0.25) is 5.02 Å². The maximum atomic E-state index is 13.4. The molecule has 1 saturated heterocycles. The van der Waals surface area contributed by atoms with Gasteiger partial charge in [0.1, 0.15) is 16.4 Å². The predicted molar refractivity (Wildman–Crippen MR) is 127 cm³/mol. The molecule has 0 saturated carbocycles. The molecule has 5 rings (SSSR count). The third-order valence-corrected chi connectivity index (χ3v) is 8.23. The van der Waals surface area contributed by atoms with Gasteiger partial charge in [-0.05, 0) is 48.2 Å². The highest BCUT2D eigenvalue weighted by molar-refractivity contribution is 7.89. The van der Waals surface area contributed by atoms with Gasteiger partial charge in [0.15, 0.2) is 0 Å². The summed E-state index contributed by atoms with van der Waals surface area (Å²) >= 11 is 6.49. The molecule has 3 aromatic rings. The van der Waals surface area contributed by atoms with E-state index in [9.17, 15) is 8.42 Å². The summed E-state index contributed by atoms with van der Waals surface area (Å²) in [5.41, 5.74) is 8.82. The Balaban J connectivity index is 1.63. The van der Waals surface area contributed by atoms with Crippen LogP contribution in [0.1, 0.15) is 11.3 Å². The number of methoxy groups -OCH3 is 1. The second-order valence-electron chi connectivity index (χ2n) is 7.95. The van der Waals surface area contributed by atoms with Gasteiger partial charge in [-0.3, -0.25) is 0 Å². The zero-order chi connectivity index (χ0) is 23.9. The molecule has 2 aromatic carbocycles. The van der Waals surface area contributed by atoms with E-state index in [4.69, 9.17) is 31.5 Å². The lowest BCUT2D eigenvalue weighted by Crippen LogP contribution is -2.40. The number of hydrogen-bond acceptors (Lipinski definition) is 8. The van der Waals surface area contributed by atoms with E-state index in [0.717, 1.165) is 5.56 Å². The molecule has 0 radical (unpaired) electrons. The fraction of sp³-hybridized carbons (Fsp3) is 0.304. The fourth-order valence-corrected chi connectivity index (χ4v) is 6.17. The Morgan fingerprint density at radius 2 is 1.85 bits per heavy atom. The van der Waals surface area contributed by atoms with Crippen LogP contribution in [-0.2, 0) is 27.6 Å². The lowest BCUT2D eigenvalue weighted by molar-refractivity contribution is 0.0730. The fourth-order valence-electron chi connectivity index (χ4n) is 4.22. The second-order valence-corrected chi connectivity index (χ2v) is 10.3. The molecule has 0 bridgehead atoms. The minimum Gasteiger partial charge on any atom is -0.497 e. The molecule has 9 nitrogen and oxygen atoms in total. The maximum Gasteiger partial charge on any atom is 0.244 e. The van der Waals surface area contributed by atoms with Crippen LogP contribution in [0.25, 0.3) is 11.1 Å². The Labute approximate surface area is 202 Å². The van der Waals surface area contributed by atoms with E-state index in [2.05, 4.69) is 9.97 Å². The summed E-state index contributed by atoms with van der Waals surface area (Å²) in [7, 11) is -2.25. The molecule has 178 valence electrons. The summed E-state index contributed by atoms with van der Waals surface area (Å²) in [5.74, 6) is 1.45. The Morgan fingerprint density at radius 1 is 1.09 bits per heavy atom. The van der Waals surface area contributed by atoms with Crippen molar-refractivity contribution in [3.05, 3.63) is 52.7 Å². The molecule has 11 heteroatoms. The Hall–Kier alpha value is -2.92. The molecular weight excluding hydrogens is 480 g/mol. The molecule has 34 heavy (non-hydrogen) atoms. The van der Waals surface area contributed by atoms with Gasteiger partial charge >= 0.3 is 0 Å². The number of benzene rings is 2. The molecule has 0 unspecified atom stereocenters. The van der Waals surface area contributed by atoms with Gasteiger partial charge in [0.05, 0.1) is 36.6 Å². The topological polar surface area (TPSA) is 117 Å². The number of morpholine rings is 1. The number of ether oxygens (including phenoxy) is 3. The maximum absolute atomic E-state index is 13.4. The number of nitrogen functional groups attached to an aromatic ring is 1. The average Bonchev–Trinajstić information content (AvgIpc) is 2.83. The van der Waals surface area contributed by atoms with Gasteiger partial charge in [-0.2, -0.15) is 9.29 Å². The van der Waals surface area contributed by atoms with E-state index in [0.29, 0.717) is 54.4 Å². The van der Waals surface area contributed by atoms with Gasteiger partial charge in [-0.1, -0.05) is 17.7 Å². The SMILES string of the molecule is COc1cccc(Oc2nc(N)nc3c2-c2cc(S(=O)(=O)N4CCOCC4)c(Cl)cc2CC3)c1. The first-order valence-electron chi connectivity index (χ1n) is 10.8. The van der Waals surface area contributed by atoms with Crippen molar-refractivity contribution in [2.45, 2.75) is 17.7 Å². The van der Waals surface area contributed by atoms with E-state index < -0.39 is 10.0 Å².